The van der Waals surface area contributed by atoms with Gasteiger partial charge in [0.15, 0.2) is 0 Å². The molecule has 1 amide bonds. The third kappa shape index (κ3) is 4.20. The topological polar surface area (TPSA) is 71.5 Å². The van der Waals surface area contributed by atoms with Crippen LogP contribution in [-0.2, 0) is 6.61 Å². The molecule has 0 spiro atoms. The zero-order valence-electron chi connectivity index (χ0n) is 13.3. The molecule has 2 N–H and O–H groups in total. The molecule has 1 aliphatic rings. The number of benzene rings is 1. The summed E-state index contributed by atoms with van der Waals surface area (Å²) in [6, 6.07) is 13.0. The van der Waals surface area contributed by atoms with E-state index in [1.165, 1.54) is 0 Å². The minimum absolute atomic E-state index is 0.0449. The van der Waals surface area contributed by atoms with Crippen molar-refractivity contribution < 1.29 is 14.6 Å². The first-order valence-electron chi connectivity index (χ1n) is 7.97. The van der Waals surface area contributed by atoms with Gasteiger partial charge >= 0.3 is 0 Å². The first kappa shape index (κ1) is 16.2. The normalized spacial score (nSPS) is 19.2. The summed E-state index contributed by atoms with van der Waals surface area (Å²) in [6.45, 7) is 0.512. The van der Waals surface area contributed by atoms with Gasteiger partial charge in [-0.2, -0.15) is 0 Å². The van der Waals surface area contributed by atoms with Crippen LogP contribution in [0.25, 0.3) is 0 Å². The van der Waals surface area contributed by atoms with Gasteiger partial charge in [-0.1, -0.05) is 42.5 Å². The lowest BCUT2D eigenvalue weighted by Crippen LogP contribution is -2.32. The lowest BCUT2D eigenvalue weighted by Gasteiger charge is -2.13. The van der Waals surface area contributed by atoms with Crippen LogP contribution in [0.2, 0.25) is 0 Å². The summed E-state index contributed by atoms with van der Waals surface area (Å²) in [7, 11) is 0. The minimum atomic E-state index is -0.171. The van der Waals surface area contributed by atoms with Gasteiger partial charge in [0.2, 0.25) is 5.88 Å². The average Bonchev–Trinajstić information content (AvgIpc) is 3.09. The summed E-state index contributed by atoms with van der Waals surface area (Å²) in [5.74, 6) is 0.370. The summed E-state index contributed by atoms with van der Waals surface area (Å²) in [5.41, 5.74) is 1.55. The number of carbonyl (C=O) groups excluding carboxylic acids is 1. The van der Waals surface area contributed by atoms with E-state index in [-0.39, 0.29) is 24.5 Å². The Hall–Kier alpha value is -2.66. The van der Waals surface area contributed by atoms with Crippen molar-refractivity contribution >= 4 is 5.91 Å². The second-order valence-corrected chi connectivity index (χ2v) is 5.80. The van der Waals surface area contributed by atoms with E-state index in [2.05, 4.69) is 10.3 Å². The number of nitrogens with one attached hydrogen (secondary N) is 1. The number of pyridine rings is 1. The SMILES string of the molecule is O=C(N[C@@H]1C=C[C@H](CO)C1)c1ccnc(OCc2ccccc2)c1. The van der Waals surface area contributed by atoms with Crippen molar-refractivity contribution in [1.29, 1.82) is 0 Å². The number of ether oxygens (including phenoxy) is 1. The Bertz CT molecular complexity index is 716. The number of aliphatic hydroxyl groups excluding tert-OH is 1. The first-order chi connectivity index (χ1) is 11.7. The Morgan fingerprint density at radius 1 is 1.25 bits per heavy atom. The maximum absolute atomic E-state index is 12.3. The molecule has 1 aromatic carbocycles. The number of hydrogen-bond donors (Lipinski definition) is 2. The van der Waals surface area contributed by atoms with Crippen molar-refractivity contribution in [3.63, 3.8) is 0 Å². The number of rotatable bonds is 6. The fourth-order valence-corrected chi connectivity index (χ4v) is 2.63. The second-order valence-electron chi connectivity index (χ2n) is 5.80. The maximum atomic E-state index is 12.3. The standard InChI is InChI=1S/C19H20N2O3/c22-12-15-6-7-17(10-15)21-19(23)16-8-9-20-18(11-16)24-13-14-4-2-1-3-5-14/h1-9,11,15,17,22H,10,12-13H2,(H,21,23)/t15-,17+/m0/s1. The Balaban J connectivity index is 1.58. The molecule has 24 heavy (non-hydrogen) atoms. The van der Waals surface area contributed by atoms with E-state index in [4.69, 9.17) is 9.84 Å². The highest BCUT2D eigenvalue weighted by Gasteiger charge is 2.20. The zero-order chi connectivity index (χ0) is 16.8. The number of hydrogen-bond acceptors (Lipinski definition) is 4. The molecule has 0 saturated carbocycles. The van der Waals surface area contributed by atoms with E-state index in [0.717, 1.165) is 12.0 Å². The van der Waals surface area contributed by atoms with E-state index >= 15 is 0 Å². The van der Waals surface area contributed by atoms with Gasteiger partial charge in [0.1, 0.15) is 6.61 Å². The molecular formula is C19H20N2O3. The summed E-state index contributed by atoms with van der Waals surface area (Å²) in [6.07, 6.45) is 6.15. The monoisotopic (exact) mass is 324 g/mol. The predicted octanol–water partition coefficient (Wildman–Crippen LogP) is 2.33. The lowest BCUT2D eigenvalue weighted by molar-refractivity contribution is 0.0940. The molecule has 0 bridgehead atoms. The molecule has 2 atom stereocenters. The molecule has 0 saturated heterocycles. The number of amides is 1. The third-order valence-electron chi connectivity index (χ3n) is 3.95. The van der Waals surface area contributed by atoms with Crippen molar-refractivity contribution in [1.82, 2.24) is 10.3 Å². The highest BCUT2D eigenvalue weighted by Crippen LogP contribution is 2.18. The van der Waals surface area contributed by atoms with Crippen LogP contribution in [-0.4, -0.2) is 28.6 Å². The van der Waals surface area contributed by atoms with Crippen LogP contribution in [0.4, 0.5) is 0 Å². The van der Waals surface area contributed by atoms with Gasteiger partial charge in [0.05, 0.1) is 0 Å². The van der Waals surface area contributed by atoms with Gasteiger partial charge in [-0.25, -0.2) is 4.98 Å². The molecule has 2 aromatic rings. The molecule has 0 unspecified atom stereocenters. The van der Waals surface area contributed by atoms with Gasteiger partial charge in [0.25, 0.3) is 5.91 Å². The van der Waals surface area contributed by atoms with E-state index in [9.17, 15) is 4.79 Å². The van der Waals surface area contributed by atoms with Crippen LogP contribution in [0.3, 0.4) is 0 Å². The number of aliphatic hydroxyl groups is 1. The van der Waals surface area contributed by atoms with Gasteiger partial charge in [-0.15, -0.1) is 0 Å². The predicted molar refractivity (Wildman–Crippen MR) is 90.6 cm³/mol. The molecule has 1 heterocycles. The highest BCUT2D eigenvalue weighted by molar-refractivity contribution is 5.94. The zero-order valence-corrected chi connectivity index (χ0v) is 13.3. The third-order valence-corrected chi connectivity index (χ3v) is 3.95. The Morgan fingerprint density at radius 2 is 2.08 bits per heavy atom. The molecule has 124 valence electrons. The molecule has 0 aliphatic heterocycles. The van der Waals surface area contributed by atoms with Gasteiger partial charge in [-0.05, 0) is 18.1 Å². The van der Waals surface area contributed by atoms with E-state index in [1.54, 1.807) is 18.3 Å². The lowest BCUT2D eigenvalue weighted by atomic mass is 10.1. The maximum Gasteiger partial charge on any atom is 0.251 e. The smallest absolute Gasteiger partial charge is 0.251 e. The van der Waals surface area contributed by atoms with Gasteiger partial charge < -0.3 is 15.2 Å². The fourth-order valence-electron chi connectivity index (χ4n) is 2.63. The van der Waals surface area contributed by atoms with Crippen LogP contribution < -0.4 is 10.1 Å². The first-order valence-corrected chi connectivity index (χ1v) is 7.97. The number of nitrogens with zero attached hydrogens (tertiary/aromatic N) is 1. The Labute approximate surface area is 141 Å². The quantitative estimate of drug-likeness (QED) is 0.800. The van der Waals surface area contributed by atoms with E-state index in [1.807, 2.05) is 42.5 Å². The summed E-state index contributed by atoms with van der Waals surface area (Å²) >= 11 is 0. The van der Waals surface area contributed by atoms with Crippen LogP contribution in [0.15, 0.2) is 60.8 Å². The van der Waals surface area contributed by atoms with Gasteiger partial charge in [-0.3, -0.25) is 4.79 Å². The van der Waals surface area contributed by atoms with Crippen molar-refractivity contribution in [3.8, 4) is 5.88 Å². The summed E-state index contributed by atoms with van der Waals surface area (Å²) in [4.78, 5) is 16.5. The van der Waals surface area contributed by atoms with Crippen LogP contribution in [0.1, 0.15) is 22.3 Å². The second kappa shape index (κ2) is 7.75. The molecule has 0 fully saturated rings. The fraction of sp³-hybridized carbons (Fsp3) is 0.263. The molecule has 3 rings (SSSR count). The van der Waals surface area contributed by atoms with Crippen molar-refractivity contribution in [2.24, 2.45) is 5.92 Å². The Kier molecular flexibility index (Phi) is 5.23. The van der Waals surface area contributed by atoms with Crippen LogP contribution in [0.5, 0.6) is 5.88 Å². The Morgan fingerprint density at radius 3 is 2.83 bits per heavy atom. The van der Waals surface area contributed by atoms with E-state index < -0.39 is 0 Å². The highest BCUT2D eigenvalue weighted by atomic mass is 16.5. The largest absolute Gasteiger partial charge is 0.473 e. The number of aromatic nitrogens is 1. The van der Waals surface area contributed by atoms with Crippen molar-refractivity contribution in [3.05, 3.63) is 71.9 Å². The molecule has 0 radical (unpaired) electrons. The number of carbonyl (C=O) groups is 1. The van der Waals surface area contributed by atoms with E-state index in [0.29, 0.717) is 18.1 Å². The summed E-state index contributed by atoms with van der Waals surface area (Å²) < 4.78 is 5.65. The van der Waals surface area contributed by atoms with Gasteiger partial charge in [0, 0.05) is 36.4 Å². The molecule has 5 heteroatoms. The van der Waals surface area contributed by atoms with Crippen molar-refractivity contribution in [2.75, 3.05) is 6.61 Å². The molecule has 1 aromatic heterocycles. The van der Waals surface area contributed by atoms with Crippen LogP contribution >= 0.6 is 0 Å². The summed E-state index contributed by atoms with van der Waals surface area (Å²) in [5, 5.41) is 12.1. The van der Waals surface area contributed by atoms with Crippen LogP contribution in [0, 0.1) is 5.92 Å². The molecule has 1 aliphatic carbocycles. The molecular weight excluding hydrogens is 304 g/mol. The molecule has 5 nitrogen and oxygen atoms in total. The van der Waals surface area contributed by atoms with Crippen molar-refractivity contribution in [2.45, 2.75) is 19.1 Å². The average molecular weight is 324 g/mol. The minimum Gasteiger partial charge on any atom is -0.473 e.